The Bertz CT molecular complexity index is 430. The number of aliphatic carboxylic acids is 1. The van der Waals surface area contributed by atoms with Crippen molar-refractivity contribution in [2.75, 3.05) is 13.1 Å². The molecule has 1 aliphatic rings. The van der Waals surface area contributed by atoms with Crippen LogP contribution in [0.3, 0.4) is 0 Å². The highest BCUT2D eigenvalue weighted by molar-refractivity contribution is 5.75. The summed E-state index contributed by atoms with van der Waals surface area (Å²) >= 11 is 0. The van der Waals surface area contributed by atoms with Gasteiger partial charge >= 0.3 is 5.97 Å². The molecule has 1 heterocycles. The molecular weight excluding hydrogens is 226 g/mol. The molecule has 1 N–H and O–H groups in total. The zero-order valence-corrected chi connectivity index (χ0v) is 11.1. The zero-order valence-electron chi connectivity index (χ0n) is 11.1. The van der Waals surface area contributed by atoms with E-state index in [4.69, 9.17) is 0 Å². The van der Waals surface area contributed by atoms with Gasteiger partial charge in [0.05, 0.1) is 0 Å². The van der Waals surface area contributed by atoms with Crippen molar-refractivity contribution in [2.24, 2.45) is 5.92 Å². The summed E-state index contributed by atoms with van der Waals surface area (Å²) in [6, 6.07) is 7.35. The molecule has 1 fully saturated rings. The minimum absolute atomic E-state index is 0.493. The number of hydrogen-bond donors (Lipinski definition) is 1. The largest absolute Gasteiger partial charge is 0.480 e. The van der Waals surface area contributed by atoms with Gasteiger partial charge in [0, 0.05) is 6.54 Å². The Labute approximate surface area is 108 Å². The first-order chi connectivity index (χ1) is 8.58. The predicted octanol–water partition coefficient (Wildman–Crippen LogP) is 2.85. The Morgan fingerprint density at radius 1 is 1.50 bits per heavy atom. The Hall–Kier alpha value is -1.35. The molecule has 0 aromatic heterocycles. The molecule has 0 spiro atoms. The Kier molecular flexibility index (Phi) is 4.02. The maximum atomic E-state index is 11.6. The second-order valence-corrected chi connectivity index (χ2v) is 5.40. The Morgan fingerprint density at radius 2 is 2.28 bits per heavy atom. The fourth-order valence-corrected chi connectivity index (χ4v) is 2.81. The van der Waals surface area contributed by atoms with Crippen molar-refractivity contribution in [1.29, 1.82) is 0 Å². The quantitative estimate of drug-likeness (QED) is 0.893. The van der Waals surface area contributed by atoms with E-state index in [2.05, 4.69) is 11.8 Å². The lowest BCUT2D eigenvalue weighted by atomic mass is 9.95. The molecule has 2 unspecified atom stereocenters. The van der Waals surface area contributed by atoms with E-state index in [0.29, 0.717) is 5.92 Å². The van der Waals surface area contributed by atoms with Crippen LogP contribution in [-0.4, -0.2) is 29.1 Å². The molecule has 1 aromatic carbocycles. The standard InChI is InChI=1S/C15H21NO2/c1-11-5-3-7-13(9-11)14(15(17)18)16-8-4-6-12(2)10-16/h3,5,7,9,12,14H,4,6,8,10H2,1-2H3,(H,17,18). The van der Waals surface area contributed by atoms with Crippen LogP contribution in [0.4, 0.5) is 0 Å². The van der Waals surface area contributed by atoms with Crippen LogP contribution in [0.2, 0.25) is 0 Å². The summed E-state index contributed by atoms with van der Waals surface area (Å²) in [5.74, 6) is -0.153. The minimum atomic E-state index is -0.741. The maximum Gasteiger partial charge on any atom is 0.325 e. The summed E-state index contributed by atoms with van der Waals surface area (Å²) in [7, 11) is 0. The van der Waals surface area contributed by atoms with E-state index in [9.17, 15) is 9.90 Å². The average Bonchev–Trinajstić information content (AvgIpc) is 2.28. The van der Waals surface area contributed by atoms with E-state index < -0.39 is 12.0 Å². The normalized spacial score (nSPS) is 22.7. The number of benzene rings is 1. The summed E-state index contributed by atoms with van der Waals surface area (Å²) in [5.41, 5.74) is 2.01. The molecular formula is C15H21NO2. The SMILES string of the molecule is Cc1cccc(C(C(=O)O)N2CCCC(C)C2)c1. The van der Waals surface area contributed by atoms with Gasteiger partial charge in [-0.3, -0.25) is 9.69 Å². The van der Waals surface area contributed by atoms with Crippen LogP contribution in [0.1, 0.15) is 36.9 Å². The molecule has 0 radical (unpaired) electrons. The topological polar surface area (TPSA) is 40.5 Å². The first kappa shape index (κ1) is 13.1. The van der Waals surface area contributed by atoms with Gasteiger partial charge in [-0.25, -0.2) is 0 Å². The van der Waals surface area contributed by atoms with E-state index in [1.165, 1.54) is 6.42 Å². The van der Waals surface area contributed by atoms with Crippen LogP contribution in [0.25, 0.3) is 0 Å². The van der Waals surface area contributed by atoms with Gasteiger partial charge in [0.2, 0.25) is 0 Å². The molecule has 18 heavy (non-hydrogen) atoms. The number of aryl methyl sites for hydroxylation is 1. The van der Waals surface area contributed by atoms with Gasteiger partial charge < -0.3 is 5.11 Å². The maximum absolute atomic E-state index is 11.6. The third kappa shape index (κ3) is 2.91. The van der Waals surface area contributed by atoms with Crippen LogP contribution < -0.4 is 0 Å². The average molecular weight is 247 g/mol. The minimum Gasteiger partial charge on any atom is -0.480 e. The lowest BCUT2D eigenvalue weighted by Crippen LogP contribution is -2.40. The molecule has 98 valence electrons. The first-order valence-corrected chi connectivity index (χ1v) is 6.61. The molecule has 0 amide bonds. The molecule has 0 saturated carbocycles. The highest BCUT2D eigenvalue weighted by Crippen LogP contribution is 2.27. The van der Waals surface area contributed by atoms with Crippen molar-refractivity contribution in [2.45, 2.75) is 32.7 Å². The summed E-state index contributed by atoms with van der Waals surface area (Å²) in [4.78, 5) is 13.7. The van der Waals surface area contributed by atoms with Crippen LogP contribution in [0, 0.1) is 12.8 Å². The van der Waals surface area contributed by atoms with Crippen LogP contribution in [0.5, 0.6) is 0 Å². The van der Waals surface area contributed by atoms with Crippen molar-refractivity contribution >= 4 is 5.97 Å². The van der Waals surface area contributed by atoms with Crippen molar-refractivity contribution in [3.05, 3.63) is 35.4 Å². The number of rotatable bonds is 3. The fraction of sp³-hybridized carbons (Fsp3) is 0.533. The predicted molar refractivity (Wildman–Crippen MR) is 71.5 cm³/mol. The van der Waals surface area contributed by atoms with E-state index in [1.807, 2.05) is 31.2 Å². The Morgan fingerprint density at radius 3 is 2.89 bits per heavy atom. The monoisotopic (exact) mass is 247 g/mol. The first-order valence-electron chi connectivity index (χ1n) is 6.61. The second kappa shape index (κ2) is 5.53. The van der Waals surface area contributed by atoms with Crippen LogP contribution >= 0.6 is 0 Å². The summed E-state index contributed by atoms with van der Waals surface area (Å²) in [6.07, 6.45) is 2.30. The van der Waals surface area contributed by atoms with Crippen molar-refractivity contribution < 1.29 is 9.90 Å². The van der Waals surface area contributed by atoms with Crippen molar-refractivity contribution in [3.8, 4) is 0 Å². The molecule has 2 atom stereocenters. The zero-order chi connectivity index (χ0) is 13.1. The van der Waals surface area contributed by atoms with Gasteiger partial charge in [0.15, 0.2) is 0 Å². The summed E-state index contributed by atoms with van der Waals surface area (Å²) in [5, 5.41) is 9.51. The number of carboxylic acids is 1. The smallest absolute Gasteiger partial charge is 0.325 e. The molecule has 2 rings (SSSR count). The van der Waals surface area contributed by atoms with Gasteiger partial charge in [0.1, 0.15) is 6.04 Å². The summed E-state index contributed by atoms with van der Waals surface area (Å²) in [6.45, 7) is 5.96. The molecule has 3 heteroatoms. The fourth-order valence-electron chi connectivity index (χ4n) is 2.81. The number of likely N-dealkylation sites (tertiary alicyclic amines) is 1. The van der Waals surface area contributed by atoms with E-state index in [1.54, 1.807) is 0 Å². The number of hydrogen-bond acceptors (Lipinski definition) is 2. The third-order valence-corrected chi connectivity index (χ3v) is 3.65. The molecule has 0 aliphatic carbocycles. The number of piperidine rings is 1. The van der Waals surface area contributed by atoms with Gasteiger partial charge in [-0.15, -0.1) is 0 Å². The van der Waals surface area contributed by atoms with Crippen LogP contribution in [-0.2, 0) is 4.79 Å². The molecule has 3 nitrogen and oxygen atoms in total. The van der Waals surface area contributed by atoms with Crippen molar-refractivity contribution in [3.63, 3.8) is 0 Å². The lowest BCUT2D eigenvalue weighted by Gasteiger charge is -2.35. The molecule has 1 aliphatic heterocycles. The van der Waals surface area contributed by atoms with E-state index >= 15 is 0 Å². The summed E-state index contributed by atoms with van der Waals surface area (Å²) < 4.78 is 0. The highest BCUT2D eigenvalue weighted by Gasteiger charge is 2.30. The molecule has 1 aromatic rings. The lowest BCUT2D eigenvalue weighted by molar-refractivity contribution is -0.144. The molecule has 0 bridgehead atoms. The number of nitrogens with zero attached hydrogens (tertiary/aromatic N) is 1. The number of carbonyl (C=O) groups is 1. The van der Waals surface area contributed by atoms with Crippen LogP contribution in [0.15, 0.2) is 24.3 Å². The van der Waals surface area contributed by atoms with Gasteiger partial charge in [0.25, 0.3) is 0 Å². The van der Waals surface area contributed by atoms with E-state index in [0.717, 1.165) is 30.6 Å². The van der Waals surface area contributed by atoms with Gasteiger partial charge in [-0.1, -0.05) is 36.8 Å². The Balaban J connectivity index is 2.25. The van der Waals surface area contributed by atoms with Gasteiger partial charge in [-0.05, 0) is 37.8 Å². The van der Waals surface area contributed by atoms with Crippen molar-refractivity contribution in [1.82, 2.24) is 4.90 Å². The second-order valence-electron chi connectivity index (χ2n) is 5.40. The van der Waals surface area contributed by atoms with E-state index in [-0.39, 0.29) is 0 Å². The van der Waals surface area contributed by atoms with Gasteiger partial charge in [-0.2, -0.15) is 0 Å². The molecule has 1 saturated heterocycles. The number of carboxylic acid groups (broad SMARTS) is 1. The third-order valence-electron chi connectivity index (χ3n) is 3.65. The highest BCUT2D eigenvalue weighted by atomic mass is 16.4.